The van der Waals surface area contributed by atoms with Gasteiger partial charge in [-0.05, 0) is 25.0 Å². The van der Waals surface area contributed by atoms with E-state index < -0.39 is 34.0 Å². The zero-order valence-corrected chi connectivity index (χ0v) is 19.9. The minimum atomic E-state index is -4.01. The van der Waals surface area contributed by atoms with Gasteiger partial charge in [-0.25, -0.2) is 27.7 Å². The molecule has 2 rings (SSSR count). The second-order valence-corrected chi connectivity index (χ2v) is 9.22. The summed E-state index contributed by atoms with van der Waals surface area (Å²) >= 11 is 0. The summed E-state index contributed by atoms with van der Waals surface area (Å²) in [4.78, 5) is 53.6. The molecule has 4 amide bonds. The average molecular weight is 509 g/mol. The second kappa shape index (κ2) is 13.1. The molecule has 0 bridgehead atoms. The Bertz CT molecular complexity index is 1130. The molecule has 0 spiro atoms. The predicted molar refractivity (Wildman–Crippen MR) is 124 cm³/mol. The number of H-pyrrole nitrogens is 1. The predicted octanol–water partition coefficient (Wildman–Crippen LogP) is -0.195. The van der Waals surface area contributed by atoms with Crippen LogP contribution < -0.4 is 20.7 Å². The van der Waals surface area contributed by atoms with Crippen molar-refractivity contribution in [2.24, 2.45) is 0 Å². The van der Waals surface area contributed by atoms with Crippen LogP contribution in [0.1, 0.15) is 30.5 Å². The molecule has 1 atom stereocenters. The number of amides is 4. The normalized spacial score (nSPS) is 11.8. The average Bonchev–Trinajstić information content (AvgIpc) is 3.29. The number of sulfonamides is 1. The van der Waals surface area contributed by atoms with Gasteiger partial charge in [0.05, 0.1) is 11.2 Å². The maximum absolute atomic E-state index is 12.3. The summed E-state index contributed by atoms with van der Waals surface area (Å²) in [5.41, 5.74) is 1.05. The topological polar surface area (TPSA) is 199 Å². The number of aromatic nitrogens is 2. The molecule has 0 aliphatic carbocycles. The van der Waals surface area contributed by atoms with Crippen molar-refractivity contribution in [2.75, 3.05) is 13.1 Å². The minimum absolute atomic E-state index is 0.00362. The third-order valence-corrected chi connectivity index (χ3v) is 6.25. The Morgan fingerprint density at radius 2 is 1.80 bits per heavy atom. The van der Waals surface area contributed by atoms with Crippen LogP contribution in [0.5, 0.6) is 0 Å². The van der Waals surface area contributed by atoms with Gasteiger partial charge in [-0.15, -0.1) is 0 Å². The van der Waals surface area contributed by atoms with Crippen LogP contribution in [-0.4, -0.2) is 66.4 Å². The lowest BCUT2D eigenvalue weighted by atomic mass is 10.1. The highest BCUT2D eigenvalue weighted by Gasteiger charge is 2.21. The summed E-state index contributed by atoms with van der Waals surface area (Å²) in [5.74, 6) is -2.11. The Morgan fingerprint density at radius 3 is 2.46 bits per heavy atom. The Hall–Kier alpha value is -3.94. The van der Waals surface area contributed by atoms with Crippen LogP contribution in [0, 0.1) is 6.92 Å². The van der Waals surface area contributed by atoms with E-state index >= 15 is 0 Å². The number of aliphatic carboxylic acids is 1. The number of hydrogen-bond acceptors (Lipinski definition) is 7. The molecule has 1 aromatic heterocycles. The number of benzene rings is 1. The first kappa shape index (κ1) is 27.3. The van der Waals surface area contributed by atoms with Crippen LogP contribution in [-0.2, 0) is 30.8 Å². The fourth-order valence-electron chi connectivity index (χ4n) is 3.01. The second-order valence-electron chi connectivity index (χ2n) is 7.57. The zero-order chi connectivity index (χ0) is 25.8. The van der Waals surface area contributed by atoms with Gasteiger partial charge in [0.1, 0.15) is 6.04 Å². The molecule has 0 radical (unpaired) electrons. The van der Waals surface area contributed by atoms with Crippen LogP contribution in [0.2, 0.25) is 0 Å². The molecule has 0 saturated carbocycles. The highest BCUT2D eigenvalue weighted by Crippen LogP contribution is 2.13. The molecule has 190 valence electrons. The fraction of sp³-hybridized carbons (Fsp3) is 0.381. The molecule has 35 heavy (non-hydrogen) atoms. The highest BCUT2D eigenvalue weighted by molar-refractivity contribution is 7.90. The smallest absolute Gasteiger partial charge is 0.328 e. The fourth-order valence-corrected chi connectivity index (χ4v) is 4.18. The van der Waals surface area contributed by atoms with E-state index in [1.165, 1.54) is 18.6 Å². The van der Waals surface area contributed by atoms with Gasteiger partial charge in [-0.2, -0.15) is 0 Å². The lowest BCUT2D eigenvalue weighted by molar-refractivity contribution is -0.141. The Morgan fingerprint density at radius 1 is 1.06 bits per heavy atom. The highest BCUT2D eigenvalue weighted by atomic mass is 32.2. The summed E-state index contributed by atoms with van der Waals surface area (Å²) in [6, 6.07) is 4.19. The minimum Gasteiger partial charge on any atom is -0.480 e. The third kappa shape index (κ3) is 9.44. The number of hydrogen-bond donors (Lipinski definition) is 6. The van der Waals surface area contributed by atoms with Crippen molar-refractivity contribution >= 4 is 33.8 Å². The first-order valence-electron chi connectivity index (χ1n) is 10.7. The quantitative estimate of drug-likeness (QED) is 0.200. The van der Waals surface area contributed by atoms with E-state index in [9.17, 15) is 32.7 Å². The van der Waals surface area contributed by atoms with Gasteiger partial charge in [-0.3, -0.25) is 9.59 Å². The molecule has 0 fully saturated rings. The number of nitrogens with one attached hydrogen (secondary N) is 5. The molecule has 0 saturated heterocycles. The van der Waals surface area contributed by atoms with Crippen molar-refractivity contribution in [2.45, 2.75) is 43.5 Å². The number of urea groups is 1. The zero-order valence-electron chi connectivity index (χ0n) is 19.0. The molecule has 0 unspecified atom stereocenters. The first-order chi connectivity index (χ1) is 16.6. The van der Waals surface area contributed by atoms with Crippen molar-refractivity contribution in [1.29, 1.82) is 0 Å². The number of nitrogens with zero attached hydrogens (tertiary/aromatic N) is 1. The molecule has 14 heteroatoms. The Kier molecular flexibility index (Phi) is 10.2. The molecule has 0 aliphatic heterocycles. The van der Waals surface area contributed by atoms with Crippen molar-refractivity contribution in [3.8, 4) is 0 Å². The number of carbonyl (C=O) groups excluding carboxylic acids is 3. The van der Waals surface area contributed by atoms with Gasteiger partial charge < -0.3 is 26.0 Å². The number of carbonyl (C=O) groups is 4. The van der Waals surface area contributed by atoms with Gasteiger partial charge in [-0.1, -0.05) is 18.2 Å². The lowest BCUT2D eigenvalue weighted by Crippen LogP contribution is -2.43. The number of aryl methyl sites for hydroxylation is 1. The standard InChI is InChI=1S/C21H28N6O7S/c1-14-5-2-3-6-17(14)35(33,34)27-21(32)24-9-4-7-18(28)23-10-8-19(29)26-16(20(30)31)11-15-12-22-13-25-15/h2-3,5-6,12-13,16H,4,7-11H2,1H3,(H,22,25)(H,23,28)(H,26,29)(H,30,31)(H2,24,27,32)/t16-/m0/s1. The van der Waals surface area contributed by atoms with Crippen LogP contribution in [0.4, 0.5) is 4.79 Å². The number of rotatable bonds is 13. The van der Waals surface area contributed by atoms with Gasteiger partial charge >= 0.3 is 12.0 Å². The molecular formula is C21H28N6O7S. The largest absolute Gasteiger partial charge is 0.480 e. The molecule has 13 nitrogen and oxygen atoms in total. The van der Waals surface area contributed by atoms with Crippen molar-refractivity contribution in [1.82, 2.24) is 30.6 Å². The van der Waals surface area contributed by atoms with Crippen molar-refractivity contribution in [3.63, 3.8) is 0 Å². The van der Waals surface area contributed by atoms with Crippen molar-refractivity contribution < 1.29 is 32.7 Å². The lowest BCUT2D eigenvalue weighted by Gasteiger charge is -2.14. The van der Waals surface area contributed by atoms with E-state index in [4.69, 9.17) is 0 Å². The van der Waals surface area contributed by atoms with E-state index in [1.807, 2.05) is 4.72 Å². The summed E-state index contributed by atoms with van der Waals surface area (Å²) in [7, 11) is -4.01. The molecule has 0 aliphatic rings. The Balaban J connectivity index is 1.62. The van der Waals surface area contributed by atoms with Gasteiger partial charge in [0.15, 0.2) is 0 Å². The number of aromatic amines is 1. The molecule has 1 aromatic carbocycles. The van der Waals surface area contributed by atoms with Gasteiger partial charge in [0.2, 0.25) is 11.8 Å². The monoisotopic (exact) mass is 508 g/mol. The SMILES string of the molecule is Cc1ccccc1S(=O)(=O)NC(=O)NCCCC(=O)NCCC(=O)N[C@@H](Cc1cnc[nH]1)C(=O)O. The van der Waals surface area contributed by atoms with Gasteiger partial charge in [0.25, 0.3) is 10.0 Å². The number of imidazole rings is 1. The van der Waals surface area contributed by atoms with Crippen LogP contribution in [0.15, 0.2) is 41.7 Å². The molecule has 1 heterocycles. The van der Waals surface area contributed by atoms with Crippen LogP contribution in [0.3, 0.4) is 0 Å². The summed E-state index contributed by atoms with van der Waals surface area (Å²) in [6.45, 7) is 1.67. The maximum atomic E-state index is 12.3. The summed E-state index contributed by atoms with van der Waals surface area (Å²) < 4.78 is 26.4. The van der Waals surface area contributed by atoms with Crippen LogP contribution in [0.25, 0.3) is 0 Å². The van der Waals surface area contributed by atoms with Crippen molar-refractivity contribution in [3.05, 3.63) is 48.0 Å². The first-order valence-corrected chi connectivity index (χ1v) is 12.2. The summed E-state index contributed by atoms with van der Waals surface area (Å²) in [5, 5.41) is 16.5. The van der Waals surface area contributed by atoms with Gasteiger partial charge in [0, 0.05) is 44.2 Å². The third-order valence-electron chi connectivity index (χ3n) is 4.76. The van der Waals surface area contributed by atoms with E-state index in [0.29, 0.717) is 11.3 Å². The van der Waals surface area contributed by atoms with E-state index in [-0.39, 0.29) is 49.6 Å². The Labute approximate surface area is 202 Å². The maximum Gasteiger partial charge on any atom is 0.328 e. The van der Waals surface area contributed by atoms with E-state index in [0.717, 1.165) is 0 Å². The molecule has 6 N–H and O–H groups in total. The molecular weight excluding hydrogens is 480 g/mol. The molecule has 2 aromatic rings. The van der Waals surface area contributed by atoms with E-state index in [1.54, 1.807) is 25.1 Å². The number of carboxylic acids is 1. The van der Waals surface area contributed by atoms with E-state index in [2.05, 4.69) is 25.9 Å². The summed E-state index contributed by atoms with van der Waals surface area (Å²) in [6.07, 6.45) is 3.06. The van der Waals surface area contributed by atoms with Crippen LogP contribution >= 0.6 is 0 Å². The number of carboxylic acid groups (broad SMARTS) is 1.